The number of likely N-dealkylation sites (tertiary alicyclic amines) is 1. The standard InChI is InChI=1S/C15H16N2O3S/c1-20-15(19)11-3-2-6-17(8-11)14(18)10-4-5-12-13(7-10)21-9-16-12/h4-5,7,9,11H,2-3,6,8H2,1H3. The highest BCUT2D eigenvalue weighted by Crippen LogP contribution is 2.23. The minimum Gasteiger partial charge on any atom is -0.469 e. The molecule has 0 radical (unpaired) electrons. The lowest BCUT2D eigenvalue weighted by molar-refractivity contribution is -0.146. The number of fused-ring (bicyclic) bond motifs is 1. The topological polar surface area (TPSA) is 59.5 Å². The van der Waals surface area contributed by atoms with Crippen molar-refractivity contribution in [1.82, 2.24) is 9.88 Å². The van der Waals surface area contributed by atoms with Gasteiger partial charge in [-0.1, -0.05) is 0 Å². The summed E-state index contributed by atoms with van der Waals surface area (Å²) < 4.78 is 5.79. The van der Waals surface area contributed by atoms with Crippen LogP contribution in [0.5, 0.6) is 0 Å². The maximum Gasteiger partial charge on any atom is 0.310 e. The summed E-state index contributed by atoms with van der Waals surface area (Å²) in [7, 11) is 1.39. The smallest absolute Gasteiger partial charge is 0.310 e. The number of methoxy groups -OCH3 is 1. The van der Waals surface area contributed by atoms with Gasteiger partial charge >= 0.3 is 5.97 Å². The van der Waals surface area contributed by atoms with Crippen LogP contribution in [0, 0.1) is 5.92 Å². The predicted molar refractivity (Wildman–Crippen MR) is 80.3 cm³/mol. The molecule has 0 aliphatic carbocycles. The normalized spacial score (nSPS) is 18.7. The summed E-state index contributed by atoms with van der Waals surface area (Å²) in [5.41, 5.74) is 3.33. The van der Waals surface area contributed by atoms with Crippen molar-refractivity contribution in [3.63, 3.8) is 0 Å². The quantitative estimate of drug-likeness (QED) is 0.799. The summed E-state index contributed by atoms with van der Waals surface area (Å²) in [4.78, 5) is 30.2. The fourth-order valence-corrected chi connectivity index (χ4v) is 3.41. The summed E-state index contributed by atoms with van der Waals surface area (Å²) in [6, 6.07) is 5.53. The fourth-order valence-electron chi connectivity index (χ4n) is 2.69. The molecule has 1 aromatic heterocycles. The zero-order chi connectivity index (χ0) is 14.8. The Hall–Kier alpha value is -1.95. The van der Waals surface area contributed by atoms with Crippen LogP contribution in [-0.2, 0) is 9.53 Å². The van der Waals surface area contributed by atoms with Gasteiger partial charge in [-0.3, -0.25) is 9.59 Å². The van der Waals surface area contributed by atoms with Crippen molar-refractivity contribution < 1.29 is 14.3 Å². The summed E-state index contributed by atoms with van der Waals surface area (Å²) in [5, 5.41) is 0. The van der Waals surface area contributed by atoms with E-state index in [1.165, 1.54) is 18.4 Å². The number of esters is 1. The second kappa shape index (κ2) is 5.81. The average Bonchev–Trinajstić information content (AvgIpc) is 3.01. The largest absolute Gasteiger partial charge is 0.469 e. The number of benzene rings is 1. The molecule has 1 aliphatic heterocycles. The highest BCUT2D eigenvalue weighted by Gasteiger charge is 2.29. The molecule has 1 amide bonds. The zero-order valence-electron chi connectivity index (χ0n) is 11.7. The number of rotatable bonds is 2. The fraction of sp³-hybridized carbons (Fsp3) is 0.400. The first-order valence-corrected chi connectivity index (χ1v) is 7.77. The maximum atomic E-state index is 12.6. The number of ether oxygens (including phenoxy) is 1. The van der Waals surface area contributed by atoms with Crippen molar-refractivity contribution in [3.8, 4) is 0 Å². The van der Waals surface area contributed by atoms with Crippen molar-refractivity contribution in [2.75, 3.05) is 20.2 Å². The molecular formula is C15H16N2O3S. The summed E-state index contributed by atoms with van der Waals surface area (Å²) >= 11 is 1.52. The molecule has 2 heterocycles. The molecule has 0 saturated carbocycles. The van der Waals surface area contributed by atoms with Gasteiger partial charge in [0.05, 0.1) is 28.8 Å². The number of carbonyl (C=O) groups excluding carboxylic acids is 2. The van der Waals surface area contributed by atoms with Gasteiger partial charge in [-0.05, 0) is 31.0 Å². The Bertz CT molecular complexity index is 682. The van der Waals surface area contributed by atoms with Crippen molar-refractivity contribution in [2.24, 2.45) is 5.92 Å². The summed E-state index contributed by atoms with van der Waals surface area (Å²) in [5.74, 6) is -0.468. The second-order valence-electron chi connectivity index (χ2n) is 5.15. The van der Waals surface area contributed by atoms with Gasteiger partial charge in [0.25, 0.3) is 5.91 Å². The Kier molecular flexibility index (Phi) is 3.88. The Balaban J connectivity index is 1.78. The molecule has 3 rings (SSSR count). The van der Waals surface area contributed by atoms with Gasteiger partial charge in [-0.25, -0.2) is 4.98 Å². The zero-order valence-corrected chi connectivity index (χ0v) is 12.6. The first-order chi connectivity index (χ1) is 10.2. The molecule has 110 valence electrons. The first kappa shape index (κ1) is 14.0. The van der Waals surface area contributed by atoms with Crippen molar-refractivity contribution in [3.05, 3.63) is 29.3 Å². The van der Waals surface area contributed by atoms with Gasteiger partial charge in [0.2, 0.25) is 0 Å². The van der Waals surface area contributed by atoms with E-state index in [-0.39, 0.29) is 17.8 Å². The minimum absolute atomic E-state index is 0.0288. The monoisotopic (exact) mass is 304 g/mol. The summed E-state index contributed by atoms with van der Waals surface area (Å²) in [6.45, 7) is 1.12. The van der Waals surface area contributed by atoms with Gasteiger partial charge in [0.1, 0.15) is 0 Å². The van der Waals surface area contributed by atoms with Gasteiger partial charge < -0.3 is 9.64 Å². The van der Waals surface area contributed by atoms with Crippen LogP contribution in [0.15, 0.2) is 23.7 Å². The van der Waals surface area contributed by atoms with E-state index >= 15 is 0 Å². The highest BCUT2D eigenvalue weighted by atomic mass is 32.1. The van der Waals surface area contributed by atoms with E-state index in [0.29, 0.717) is 18.7 Å². The third-order valence-electron chi connectivity index (χ3n) is 3.82. The van der Waals surface area contributed by atoms with Gasteiger partial charge in [-0.15, -0.1) is 11.3 Å². The number of amides is 1. The lowest BCUT2D eigenvalue weighted by atomic mass is 9.97. The molecule has 0 bridgehead atoms. The van der Waals surface area contributed by atoms with Gasteiger partial charge in [0, 0.05) is 18.7 Å². The molecule has 5 nitrogen and oxygen atoms in total. The predicted octanol–water partition coefficient (Wildman–Crippen LogP) is 2.32. The lowest BCUT2D eigenvalue weighted by Crippen LogP contribution is -2.42. The maximum absolute atomic E-state index is 12.6. The molecular weight excluding hydrogens is 288 g/mol. The van der Waals surface area contributed by atoms with Crippen molar-refractivity contribution in [2.45, 2.75) is 12.8 Å². The van der Waals surface area contributed by atoms with Crippen LogP contribution in [0.25, 0.3) is 10.2 Å². The van der Waals surface area contributed by atoms with Gasteiger partial charge in [0.15, 0.2) is 0 Å². The first-order valence-electron chi connectivity index (χ1n) is 6.89. The molecule has 0 N–H and O–H groups in total. The van der Waals surface area contributed by atoms with Crippen LogP contribution < -0.4 is 0 Å². The molecule has 6 heteroatoms. The number of thiazole rings is 1. The molecule has 1 atom stereocenters. The lowest BCUT2D eigenvalue weighted by Gasteiger charge is -2.31. The summed E-state index contributed by atoms with van der Waals surface area (Å²) in [6.07, 6.45) is 1.61. The number of aromatic nitrogens is 1. The van der Waals surface area contributed by atoms with E-state index in [1.807, 2.05) is 12.1 Å². The van der Waals surface area contributed by atoms with Gasteiger partial charge in [-0.2, -0.15) is 0 Å². The van der Waals surface area contributed by atoms with Crippen LogP contribution in [0.1, 0.15) is 23.2 Å². The van der Waals surface area contributed by atoms with Crippen LogP contribution in [0.2, 0.25) is 0 Å². The van der Waals surface area contributed by atoms with E-state index in [2.05, 4.69) is 4.98 Å². The Morgan fingerprint density at radius 3 is 3.10 bits per heavy atom. The number of nitrogens with zero attached hydrogens (tertiary/aromatic N) is 2. The Labute approximate surface area is 126 Å². The third-order valence-corrected chi connectivity index (χ3v) is 4.61. The molecule has 21 heavy (non-hydrogen) atoms. The molecule has 2 aromatic rings. The van der Waals surface area contributed by atoms with Crippen LogP contribution in [-0.4, -0.2) is 42.0 Å². The molecule has 1 unspecified atom stereocenters. The van der Waals surface area contributed by atoms with E-state index < -0.39 is 0 Å². The van der Waals surface area contributed by atoms with E-state index in [9.17, 15) is 9.59 Å². The van der Waals surface area contributed by atoms with Crippen LogP contribution in [0.4, 0.5) is 0 Å². The number of piperidine rings is 1. The van der Waals surface area contributed by atoms with Crippen LogP contribution >= 0.6 is 11.3 Å². The van der Waals surface area contributed by atoms with Crippen LogP contribution in [0.3, 0.4) is 0 Å². The molecule has 0 spiro atoms. The molecule has 1 saturated heterocycles. The van der Waals surface area contributed by atoms with Crippen molar-refractivity contribution in [1.29, 1.82) is 0 Å². The average molecular weight is 304 g/mol. The van der Waals surface area contributed by atoms with E-state index in [4.69, 9.17) is 4.74 Å². The highest BCUT2D eigenvalue weighted by molar-refractivity contribution is 7.16. The Morgan fingerprint density at radius 2 is 2.29 bits per heavy atom. The minimum atomic E-state index is -0.231. The number of carbonyl (C=O) groups is 2. The molecule has 1 aliphatic rings. The van der Waals surface area contributed by atoms with E-state index in [0.717, 1.165) is 23.1 Å². The number of hydrogen-bond acceptors (Lipinski definition) is 5. The second-order valence-corrected chi connectivity index (χ2v) is 6.03. The molecule has 1 fully saturated rings. The Morgan fingerprint density at radius 1 is 1.43 bits per heavy atom. The van der Waals surface area contributed by atoms with Crippen molar-refractivity contribution >= 4 is 33.4 Å². The van der Waals surface area contributed by atoms with E-state index in [1.54, 1.807) is 16.5 Å². The SMILES string of the molecule is COC(=O)C1CCCN(C(=O)c2ccc3ncsc3c2)C1. The number of hydrogen-bond donors (Lipinski definition) is 0. The molecule has 1 aromatic carbocycles. The third kappa shape index (κ3) is 2.76.